The van der Waals surface area contributed by atoms with Gasteiger partial charge >= 0.3 is 5.69 Å². The molecule has 1 aliphatic heterocycles. The summed E-state index contributed by atoms with van der Waals surface area (Å²) in [7, 11) is 1.69. The molecule has 1 spiro atoms. The SMILES string of the molecule is COc1cc(OC)c(F)c(N2Cc3cnc(-c4c([N+](=O)[O-])cnn4COCCS(C)(C)C)cc3C3(CC3)C2=O)c1F. The molecule has 0 saturated heterocycles. The van der Waals surface area contributed by atoms with Crippen LogP contribution in [0.4, 0.5) is 20.2 Å². The van der Waals surface area contributed by atoms with E-state index in [1.54, 1.807) is 6.07 Å². The lowest BCUT2D eigenvalue weighted by atomic mass is 9.86. The third kappa shape index (κ3) is 5.10. The van der Waals surface area contributed by atoms with Crippen LogP contribution in [-0.4, -0.2) is 70.9 Å². The Morgan fingerprint density at radius 1 is 1.10 bits per heavy atom. The second-order valence-corrected chi connectivity index (χ2v) is 15.5. The van der Waals surface area contributed by atoms with E-state index in [-0.39, 0.29) is 41.8 Å². The van der Waals surface area contributed by atoms with Gasteiger partial charge in [-0.15, -0.1) is 0 Å². The van der Waals surface area contributed by atoms with Gasteiger partial charge in [-0.05, 0) is 48.8 Å². The number of hydrogen-bond acceptors (Lipinski definition) is 8. The molecule has 0 N–H and O–H groups in total. The van der Waals surface area contributed by atoms with Crippen molar-refractivity contribution in [2.24, 2.45) is 0 Å². The number of rotatable bonds is 10. The van der Waals surface area contributed by atoms with Gasteiger partial charge < -0.3 is 19.1 Å². The maximum Gasteiger partial charge on any atom is 0.316 e. The highest BCUT2D eigenvalue weighted by Crippen LogP contribution is 2.55. The van der Waals surface area contributed by atoms with Crippen molar-refractivity contribution in [3.05, 3.63) is 57.4 Å². The molecule has 220 valence electrons. The fraction of sp³-hybridized carbons (Fsp3) is 0.444. The molecule has 1 saturated carbocycles. The lowest BCUT2D eigenvalue weighted by Crippen LogP contribution is -2.45. The number of nitro groups is 1. The van der Waals surface area contributed by atoms with Crippen LogP contribution in [0.15, 0.2) is 24.5 Å². The van der Waals surface area contributed by atoms with Crippen LogP contribution in [0.5, 0.6) is 11.5 Å². The van der Waals surface area contributed by atoms with Crippen LogP contribution in [0.3, 0.4) is 0 Å². The van der Waals surface area contributed by atoms with Crippen LogP contribution in [0.25, 0.3) is 11.4 Å². The molecule has 1 aliphatic carbocycles. The number of ether oxygens (including phenoxy) is 3. The molecule has 0 radical (unpaired) electrons. The lowest BCUT2D eigenvalue weighted by Gasteiger charge is -2.35. The van der Waals surface area contributed by atoms with Gasteiger partial charge in [0.25, 0.3) is 0 Å². The van der Waals surface area contributed by atoms with E-state index in [2.05, 4.69) is 28.8 Å². The van der Waals surface area contributed by atoms with Crippen LogP contribution in [0, 0.1) is 21.7 Å². The molecule has 1 amide bonds. The maximum absolute atomic E-state index is 15.3. The van der Waals surface area contributed by atoms with E-state index < -0.39 is 43.6 Å². The minimum Gasteiger partial charge on any atom is -0.493 e. The number of methoxy groups -OCH3 is 2. The normalized spacial score (nSPS) is 16.1. The monoisotopic (exact) mass is 591 g/mol. The predicted octanol–water partition coefficient (Wildman–Crippen LogP) is 4.40. The first kappa shape index (κ1) is 28.7. The van der Waals surface area contributed by atoms with Crippen LogP contribution in [0.2, 0.25) is 0 Å². The van der Waals surface area contributed by atoms with Gasteiger partial charge in [-0.1, -0.05) is 0 Å². The number of amides is 1. The fourth-order valence-electron chi connectivity index (χ4n) is 5.03. The maximum atomic E-state index is 15.3. The summed E-state index contributed by atoms with van der Waals surface area (Å²) in [6.07, 6.45) is 10.0. The summed E-state index contributed by atoms with van der Waals surface area (Å²) in [5.74, 6) is -2.18. The Morgan fingerprint density at radius 3 is 2.32 bits per heavy atom. The van der Waals surface area contributed by atoms with Gasteiger partial charge in [-0.2, -0.15) is 5.10 Å². The topological polar surface area (TPSA) is 122 Å². The van der Waals surface area contributed by atoms with Gasteiger partial charge in [0.05, 0.1) is 43.4 Å². The van der Waals surface area contributed by atoms with Crippen molar-refractivity contribution < 1.29 is 32.7 Å². The Bertz CT molecular complexity index is 1510. The van der Waals surface area contributed by atoms with Crippen molar-refractivity contribution in [2.75, 3.05) is 50.2 Å². The number of anilines is 1. The minimum atomic E-state index is -1.04. The molecule has 1 aromatic carbocycles. The number of fused-ring (bicyclic) bond motifs is 2. The average Bonchev–Trinajstić information content (AvgIpc) is 3.61. The zero-order chi connectivity index (χ0) is 29.7. The first-order valence-corrected chi connectivity index (χ1v) is 15.8. The molecular weight excluding hydrogens is 560 g/mol. The Morgan fingerprint density at radius 2 is 1.76 bits per heavy atom. The van der Waals surface area contributed by atoms with E-state index in [9.17, 15) is 14.9 Å². The third-order valence-corrected chi connectivity index (χ3v) is 8.76. The smallest absolute Gasteiger partial charge is 0.316 e. The second kappa shape index (κ2) is 10.6. The number of carbonyl (C=O) groups excluding carboxylic acids is 1. The van der Waals surface area contributed by atoms with Crippen molar-refractivity contribution in [3.63, 3.8) is 0 Å². The van der Waals surface area contributed by atoms with E-state index in [0.717, 1.165) is 22.9 Å². The number of benzene rings is 1. The Labute approximate surface area is 236 Å². The van der Waals surface area contributed by atoms with Crippen LogP contribution < -0.4 is 14.4 Å². The molecule has 41 heavy (non-hydrogen) atoms. The van der Waals surface area contributed by atoms with E-state index >= 15 is 8.78 Å². The van der Waals surface area contributed by atoms with Crippen LogP contribution >= 0.6 is 10.0 Å². The number of aromatic nitrogens is 3. The van der Waals surface area contributed by atoms with E-state index in [4.69, 9.17) is 14.2 Å². The average molecular weight is 592 g/mol. The van der Waals surface area contributed by atoms with Gasteiger partial charge in [0.2, 0.25) is 5.91 Å². The van der Waals surface area contributed by atoms with Crippen molar-refractivity contribution in [3.8, 4) is 22.9 Å². The highest BCUT2D eigenvalue weighted by molar-refractivity contribution is 8.32. The van der Waals surface area contributed by atoms with Gasteiger partial charge in [0.15, 0.2) is 28.8 Å². The number of hydrogen-bond donors (Lipinski definition) is 0. The van der Waals surface area contributed by atoms with Crippen molar-refractivity contribution in [2.45, 2.75) is 31.5 Å². The highest BCUT2D eigenvalue weighted by Gasteiger charge is 2.57. The van der Waals surface area contributed by atoms with Crippen molar-refractivity contribution in [1.29, 1.82) is 0 Å². The van der Waals surface area contributed by atoms with E-state index in [1.165, 1.54) is 25.1 Å². The minimum absolute atomic E-state index is 0.00840. The molecule has 3 heterocycles. The molecule has 5 rings (SSSR count). The zero-order valence-electron chi connectivity index (χ0n) is 23.4. The quantitative estimate of drug-likeness (QED) is 0.193. The van der Waals surface area contributed by atoms with Gasteiger partial charge in [0.1, 0.15) is 18.6 Å². The Balaban J connectivity index is 1.53. The molecular formula is C27H31F2N5O6S. The van der Waals surface area contributed by atoms with Crippen LogP contribution in [0.1, 0.15) is 24.0 Å². The largest absolute Gasteiger partial charge is 0.493 e. The molecule has 0 atom stereocenters. The molecule has 14 heteroatoms. The molecule has 0 unspecified atom stereocenters. The molecule has 2 aromatic heterocycles. The lowest BCUT2D eigenvalue weighted by molar-refractivity contribution is -0.384. The van der Waals surface area contributed by atoms with E-state index in [1.807, 2.05) is 0 Å². The van der Waals surface area contributed by atoms with Gasteiger partial charge in [-0.3, -0.25) is 19.9 Å². The molecule has 1 fully saturated rings. The van der Waals surface area contributed by atoms with Crippen LogP contribution in [-0.2, 0) is 28.2 Å². The van der Waals surface area contributed by atoms with Crippen molar-refractivity contribution in [1.82, 2.24) is 14.8 Å². The highest BCUT2D eigenvalue weighted by atomic mass is 32.3. The predicted molar refractivity (Wildman–Crippen MR) is 150 cm³/mol. The molecule has 11 nitrogen and oxygen atoms in total. The summed E-state index contributed by atoms with van der Waals surface area (Å²) >= 11 is 0. The first-order valence-electron chi connectivity index (χ1n) is 12.8. The number of pyridine rings is 1. The molecule has 3 aromatic rings. The van der Waals surface area contributed by atoms with Crippen molar-refractivity contribution >= 4 is 27.3 Å². The standard InChI is InChI=1S/C27H31F2N5O6S/c1-38-20-11-21(39-2)23(29)25(22(20)28)32-14-16-12-30-18(10-17(16)27(6-7-27)26(32)35)24-19(34(36)37)13-31-33(24)15-40-8-9-41(3,4)5/h10-13H,6-9,14-15H2,1-5H3. The Kier molecular flexibility index (Phi) is 7.40. The second-order valence-electron chi connectivity index (χ2n) is 10.9. The number of nitrogens with zero attached hydrogens (tertiary/aromatic N) is 5. The number of halogens is 2. The van der Waals surface area contributed by atoms with E-state index in [0.29, 0.717) is 30.6 Å². The van der Waals surface area contributed by atoms with Gasteiger partial charge in [0, 0.05) is 18.0 Å². The number of carbonyl (C=O) groups is 1. The summed E-state index contributed by atoms with van der Waals surface area (Å²) < 4.78 is 48.0. The summed E-state index contributed by atoms with van der Waals surface area (Å²) in [5.41, 5.74) is -0.235. The third-order valence-electron chi connectivity index (χ3n) is 7.37. The molecule has 2 aliphatic rings. The molecule has 0 bridgehead atoms. The van der Waals surface area contributed by atoms with Gasteiger partial charge in [-0.25, -0.2) is 23.5 Å². The summed E-state index contributed by atoms with van der Waals surface area (Å²) in [4.78, 5) is 30.7. The fourth-order valence-corrected chi connectivity index (χ4v) is 5.65. The summed E-state index contributed by atoms with van der Waals surface area (Å²) in [6.45, 7) is 0.303. The summed E-state index contributed by atoms with van der Waals surface area (Å²) in [6, 6.07) is 2.73. The zero-order valence-corrected chi connectivity index (χ0v) is 24.2. The first-order chi connectivity index (χ1) is 19.4. The Hall–Kier alpha value is -3.78. The summed E-state index contributed by atoms with van der Waals surface area (Å²) in [5, 5.41) is 16.0.